The Bertz CT molecular complexity index is 1020. The first-order valence-corrected chi connectivity index (χ1v) is 10.7. The second kappa shape index (κ2) is 8.69. The third-order valence-electron chi connectivity index (χ3n) is 5.93. The number of likely N-dealkylation sites (tertiary alicyclic amines) is 1. The number of aryl methyl sites for hydroxylation is 3. The monoisotopic (exact) mass is 403 g/mol. The number of amides is 1. The van der Waals surface area contributed by atoms with Gasteiger partial charge in [-0.25, -0.2) is 0 Å². The average molecular weight is 404 g/mol. The largest absolute Gasteiger partial charge is 0.339 e. The van der Waals surface area contributed by atoms with Crippen molar-refractivity contribution in [3.63, 3.8) is 0 Å². The first kappa shape index (κ1) is 20.1. The Hall–Kier alpha value is -3.15. The molecule has 1 aliphatic rings. The zero-order valence-corrected chi connectivity index (χ0v) is 17.9. The zero-order valence-electron chi connectivity index (χ0n) is 17.9. The van der Waals surface area contributed by atoms with Gasteiger partial charge in [-0.3, -0.25) is 9.89 Å². The standard InChI is InChI=1S/C24H29N5O/c1-4-22-26-24(28-27-22)25-21-15-20(10-7-17(21)3)23(30)29-13-11-19(12-14-29)18-8-5-16(2)6-9-18/h5-10,15,19H,4,11-14H2,1-3H3,(H2,25,26,27,28). The molecule has 1 aromatic heterocycles. The number of nitrogens with one attached hydrogen (secondary N) is 2. The molecule has 1 amide bonds. The summed E-state index contributed by atoms with van der Waals surface area (Å²) in [7, 11) is 0. The van der Waals surface area contributed by atoms with E-state index >= 15 is 0 Å². The average Bonchev–Trinajstić information content (AvgIpc) is 3.23. The number of hydrogen-bond donors (Lipinski definition) is 2. The molecule has 1 fully saturated rings. The smallest absolute Gasteiger partial charge is 0.253 e. The van der Waals surface area contributed by atoms with Crippen LogP contribution in [0.4, 0.5) is 11.6 Å². The van der Waals surface area contributed by atoms with Gasteiger partial charge in [0, 0.05) is 30.8 Å². The van der Waals surface area contributed by atoms with E-state index in [1.165, 1.54) is 11.1 Å². The molecule has 1 saturated heterocycles. The molecule has 2 aromatic carbocycles. The van der Waals surface area contributed by atoms with E-state index in [2.05, 4.69) is 51.7 Å². The minimum atomic E-state index is 0.0876. The Labute approximate surface area is 177 Å². The molecule has 2 N–H and O–H groups in total. The highest BCUT2D eigenvalue weighted by Crippen LogP contribution is 2.29. The number of carbonyl (C=O) groups is 1. The van der Waals surface area contributed by atoms with Crippen LogP contribution in [0.15, 0.2) is 42.5 Å². The van der Waals surface area contributed by atoms with Crippen molar-refractivity contribution in [1.29, 1.82) is 0 Å². The molecule has 156 valence electrons. The number of anilines is 2. The van der Waals surface area contributed by atoms with Gasteiger partial charge in [0.05, 0.1) is 0 Å². The molecule has 0 saturated carbocycles. The summed E-state index contributed by atoms with van der Waals surface area (Å²) in [6, 6.07) is 14.6. The molecule has 1 aliphatic heterocycles. The molecule has 0 unspecified atom stereocenters. The topological polar surface area (TPSA) is 73.9 Å². The fourth-order valence-electron chi connectivity index (χ4n) is 3.96. The summed E-state index contributed by atoms with van der Waals surface area (Å²) in [4.78, 5) is 19.5. The Kier molecular flexibility index (Phi) is 5.84. The van der Waals surface area contributed by atoms with Gasteiger partial charge in [-0.1, -0.05) is 42.8 Å². The van der Waals surface area contributed by atoms with Crippen LogP contribution < -0.4 is 5.32 Å². The van der Waals surface area contributed by atoms with Crippen LogP contribution in [-0.2, 0) is 6.42 Å². The van der Waals surface area contributed by atoms with Gasteiger partial charge in [0.15, 0.2) is 0 Å². The summed E-state index contributed by atoms with van der Waals surface area (Å²) in [6.45, 7) is 7.72. The zero-order chi connectivity index (χ0) is 21.1. The Balaban J connectivity index is 1.42. The quantitative estimate of drug-likeness (QED) is 0.645. The van der Waals surface area contributed by atoms with Gasteiger partial charge in [0.1, 0.15) is 5.82 Å². The maximum absolute atomic E-state index is 13.1. The molecule has 6 nitrogen and oxygen atoms in total. The summed E-state index contributed by atoms with van der Waals surface area (Å²) in [6.07, 6.45) is 2.80. The van der Waals surface area contributed by atoms with Crippen LogP contribution in [0.3, 0.4) is 0 Å². The lowest BCUT2D eigenvalue weighted by Gasteiger charge is -2.32. The normalized spacial score (nSPS) is 14.7. The van der Waals surface area contributed by atoms with Crippen molar-refractivity contribution in [3.05, 3.63) is 70.5 Å². The predicted octanol–water partition coefficient (Wildman–Crippen LogP) is 4.75. The molecule has 4 rings (SSSR count). The number of carbonyl (C=O) groups excluding carboxylic acids is 1. The van der Waals surface area contributed by atoms with Crippen molar-refractivity contribution < 1.29 is 4.79 Å². The number of piperidine rings is 1. The van der Waals surface area contributed by atoms with Crippen molar-refractivity contribution in [2.75, 3.05) is 18.4 Å². The molecule has 0 atom stereocenters. The van der Waals surface area contributed by atoms with Gasteiger partial charge in [0.2, 0.25) is 5.95 Å². The molecule has 2 heterocycles. The molecule has 30 heavy (non-hydrogen) atoms. The van der Waals surface area contributed by atoms with Crippen molar-refractivity contribution >= 4 is 17.5 Å². The molecule has 0 aliphatic carbocycles. The summed E-state index contributed by atoms with van der Waals surface area (Å²) in [5.41, 5.74) is 5.27. The SMILES string of the molecule is CCc1nc(Nc2cc(C(=O)N3CCC(c4ccc(C)cc4)CC3)ccc2C)n[nH]1. The fourth-order valence-corrected chi connectivity index (χ4v) is 3.96. The van der Waals surface area contributed by atoms with Gasteiger partial charge >= 0.3 is 0 Å². The van der Waals surface area contributed by atoms with Gasteiger partial charge < -0.3 is 10.2 Å². The minimum absolute atomic E-state index is 0.0876. The van der Waals surface area contributed by atoms with Crippen LogP contribution in [-0.4, -0.2) is 39.1 Å². The van der Waals surface area contributed by atoms with Crippen LogP contribution in [0.1, 0.15) is 58.6 Å². The Morgan fingerprint density at radius 1 is 1.13 bits per heavy atom. The van der Waals surface area contributed by atoms with E-state index in [-0.39, 0.29) is 5.91 Å². The van der Waals surface area contributed by atoms with Crippen molar-refractivity contribution in [3.8, 4) is 0 Å². The number of H-pyrrole nitrogens is 1. The highest BCUT2D eigenvalue weighted by Gasteiger charge is 2.25. The highest BCUT2D eigenvalue weighted by atomic mass is 16.2. The van der Waals surface area contributed by atoms with E-state index in [1.54, 1.807) is 0 Å². The van der Waals surface area contributed by atoms with E-state index in [4.69, 9.17) is 0 Å². The fraction of sp³-hybridized carbons (Fsp3) is 0.375. The lowest BCUT2D eigenvalue weighted by Crippen LogP contribution is -2.37. The summed E-state index contributed by atoms with van der Waals surface area (Å²) in [5, 5.41) is 10.3. The van der Waals surface area contributed by atoms with Crippen LogP contribution in [0.2, 0.25) is 0 Å². The number of benzene rings is 2. The van der Waals surface area contributed by atoms with E-state index < -0.39 is 0 Å². The number of aromatic amines is 1. The van der Waals surface area contributed by atoms with Gasteiger partial charge in [-0.15, -0.1) is 5.10 Å². The second-order valence-electron chi connectivity index (χ2n) is 8.09. The maximum Gasteiger partial charge on any atom is 0.253 e. The maximum atomic E-state index is 13.1. The number of hydrogen-bond acceptors (Lipinski definition) is 4. The lowest BCUT2D eigenvalue weighted by atomic mass is 9.89. The highest BCUT2D eigenvalue weighted by molar-refractivity contribution is 5.95. The molecule has 0 bridgehead atoms. The first-order valence-electron chi connectivity index (χ1n) is 10.7. The third kappa shape index (κ3) is 4.37. The predicted molar refractivity (Wildman–Crippen MR) is 119 cm³/mol. The van der Waals surface area contributed by atoms with E-state index in [1.807, 2.05) is 36.9 Å². The molecule has 0 spiro atoms. The molecular formula is C24H29N5O. The van der Waals surface area contributed by atoms with Gasteiger partial charge in [0.25, 0.3) is 5.91 Å². The molecular weight excluding hydrogens is 374 g/mol. The molecule has 6 heteroatoms. The lowest BCUT2D eigenvalue weighted by molar-refractivity contribution is 0.0713. The van der Waals surface area contributed by atoms with E-state index in [0.717, 1.165) is 49.4 Å². The van der Waals surface area contributed by atoms with Crippen LogP contribution >= 0.6 is 0 Å². The van der Waals surface area contributed by atoms with Crippen LogP contribution in [0, 0.1) is 13.8 Å². The van der Waals surface area contributed by atoms with Crippen molar-refractivity contribution in [1.82, 2.24) is 20.1 Å². The minimum Gasteiger partial charge on any atom is -0.339 e. The van der Waals surface area contributed by atoms with Gasteiger partial charge in [-0.05, 0) is 55.9 Å². The Morgan fingerprint density at radius 3 is 2.53 bits per heavy atom. The summed E-state index contributed by atoms with van der Waals surface area (Å²) < 4.78 is 0. The molecule has 0 radical (unpaired) electrons. The second-order valence-corrected chi connectivity index (χ2v) is 8.09. The van der Waals surface area contributed by atoms with Crippen LogP contribution in [0.25, 0.3) is 0 Å². The van der Waals surface area contributed by atoms with E-state index in [9.17, 15) is 4.79 Å². The van der Waals surface area contributed by atoms with Crippen molar-refractivity contribution in [2.24, 2.45) is 0 Å². The third-order valence-corrected chi connectivity index (χ3v) is 5.93. The Morgan fingerprint density at radius 2 is 1.87 bits per heavy atom. The number of nitrogens with zero attached hydrogens (tertiary/aromatic N) is 3. The van der Waals surface area contributed by atoms with Crippen molar-refractivity contribution in [2.45, 2.75) is 46.0 Å². The van der Waals surface area contributed by atoms with Gasteiger partial charge in [-0.2, -0.15) is 4.98 Å². The first-order chi connectivity index (χ1) is 14.5. The number of aromatic nitrogens is 3. The van der Waals surface area contributed by atoms with E-state index in [0.29, 0.717) is 17.4 Å². The summed E-state index contributed by atoms with van der Waals surface area (Å²) >= 11 is 0. The summed E-state index contributed by atoms with van der Waals surface area (Å²) in [5.74, 6) is 1.98. The number of rotatable bonds is 5. The van der Waals surface area contributed by atoms with Crippen LogP contribution in [0.5, 0.6) is 0 Å². The molecule has 3 aromatic rings.